The van der Waals surface area contributed by atoms with Gasteiger partial charge in [0.25, 0.3) is 5.91 Å². The van der Waals surface area contributed by atoms with E-state index in [4.69, 9.17) is 4.74 Å². The quantitative estimate of drug-likeness (QED) is 0.687. The summed E-state index contributed by atoms with van der Waals surface area (Å²) in [7, 11) is -3.85. The number of hydrogen-bond acceptors (Lipinski definition) is 5. The molecule has 27 heavy (non-hydrogen) atoms. The predicted octanol–water partition coefficient (Wildman–Crippen LogP) is 2.04. The molecule has 2 atom stereocenters. The van der Waals surface area contributed by atoms with E-state index >= 15 is 0 Å². The lowest BCUT2D eigenvalue weighted by Gasteiger charge is -2.24. The van der Waals surface area contributed by atoms with E-state index in [2.05, 4.69) is 10.0 Å². The highest BCUT2D eigenvalue weighted by atomic mass is 32.2. The normalized spacial score (nSPS) is 17.7. The van der Waals surface area contributed by atoms with Crippen molar-refractivity contribution in [2.75, 3.05) is 0 Å². The molecular formula is C19H28N2O5S. The molecule has 0 aliphatic heterocycles. The number of benzene rings is 1. The minimum Gasteiger partial charge on any atom is -0.451 e. The number of ether oxygens (including phenoxy) is 1. The van der Waals surface area contributed by atoms with Crippen molar-refractivity contribution in [1.82, 2.24) is 10.0 Å². The second-order valence-corrected chi connectivity index (χ2v) is 8.79. The summed E-state index contributed by atoms with van der Waals surface area (Å²) >= 11 is 0. The predicted molar refractivity (Wildman–Crippen MR) is 102 cm³/mol. The Morgan fingerprint density at radius 3 is 2.26 bits per heavy atom. The Morgan fingerprint density at radius 1 is 1.07 bits per heavy atom. The van der Waals surface area contributed by atoms with Gasteiger partial charge in [0, 0.05) is 6.04 Å². The lowest BCUT2D eigenvalue weighted by atomic mass is 9.95. The summed E-state index contributed by atoms with van der Waals surface area (Å²) in [6, 6.07) is 5.29. The average Bonchev–Trinajstić information content (AvgIpc) is 2.62. The number of carbonyl (C=O) groups excluding carboxylic acids is 2. The van der Waals surface area contributed by atoms with Crippen LogP contribution in [-0.4, -0.2) is 38.5 Å². The Bertz CT molecular complexity index is 755. The Kier molecular flexibility index (Phi) is 7.38. The number of nitrogens with one attached hydrogen (secondary N) is 2. The number of hydrogen-bond donors (Lipinski definition) is 2. The van der Waals surface area contributed by atoms with Gasteiger partial charge < -0.3 is 10.1 Å². The second-order valence-electron chi connectivity index (χ2n) is 7.08. The maximum Gasteiger partial charge on any atom is 0.324 e. The van der Waals surface area contributed by atoms with E-state index in [0.29, 0.717) is 0 Å². The van der Waals surface area contributed by atoms with E-state index in [1.807, 2.05) is 6.92 Å². The highest BCUT2D eigenvalue weighted by Crippen LogP contribution is 2.17. The van der Waals surface area contributed by atoms with Crippen molar-refractivity contribution in [3.63, 3.8) is 0 Å². The molecule has 0 unspecified atom stereocenters. The van der Waals surface area contributed by atoms with E-state index in [0.717, 1.165) is 31.2 Å². The first-order valence-electron chi connectivity index (χ1n) is 9.29. The minimum atomic E-state index is -3.85. The molecule has 1 aromatic rings. The fourth-order valence-electron chi connectivity index (χ4n) is 2.96. The highest BCUT2D eigenvalue weighted by molar-refractivity contribution is 7.89. The van der Waals surface area contributed by atoms with Gasteiger partial charge in [-0.25, -0.2) is 8.42 Å². The van der Waals surface area contributed by atoms with Crippen LogP contribution in [-0.2, 0) is 24.3 Å². The first-order valence-corrected chi connectivity index (χ1v) is 10.8. The van der Waals surface area contributed by atoms with E-state index in [1.54, 1.807) is 12.1 Å². The molecule has 7 nitrogen and oxygen atoms in total. The van der Waals surface area contributed by atoms with Crippen LogP contribution in [0.3, 0.4) is 0 Å². The largest absolute Gasteiger partial charge is 0.451 e. The first kappa shape index (κ1) is 21.4. The average molecular weight is 397 g/mol. The molecule has 1 amide bonds. The summed E-state index contributed by atoms with van der Waals surface area (Å²) in [5, 5.41) is 2.89. The third kappa shape index (κ3) is 6.32. The van der Waals surface area contributed by atoms with Gasteiger partial charge in [-0.3, -0.25) is 9.59 Å². The number of sulfonamides is 1. The molecule has 1 aromatic carbocycles. The van der Waals surface area contributed by atoms with Crippen LogP contribution in [0.1, 0.15) is 51.5 Å². The topological polar surface area (TPSA) is 102 Å². The summed E-state index contributed by atoms with van der Waals surface area (Å²) in [5.74, 6) is -1.15. The lowest BCUT2D eigenvalue weighted by molar-refractivity contribution is -0.156. The smallest absolute Gasteiger partial charge is 0.324 e. The van der Waals surface area contributed by atoms with Crippen LogP contribution in [0, 0.1) is 6.92 Å². The number of rotatable bonds is 7. The van der Waals surface area contributed by atoms with Crippen molar-refractivity contribution in [3.8, 4) is 0 Å². The zero-order valence-corrected chi connectivity index (χ0v) is 16.8. The molecule has 1 fully saturated rings. The number of carbonyl (C=O) groups is 2. The monoisotopic (exact) mass is 396 g/mol. The third-order valence-corrected chi connectivity index (χ3v) is 6.19. The van der Waals surface area contributed by atoms with Crippen LogP contribution in [0.4, 0.5) is 0 Å². The van der Waals surface area contributed by atoms with E-state index in [1.165, 1.54) is 32.4 Å². The van der Waals surface area contributed by atoms with Gasteiger partial charge in [-0.2, -0.15) is 4.72 Å². The molecule has 0 bridgehead atoms. The maximum absolute atomic E-state index is 12.3. The van der Waals surface area contributed by atoms with Crippen LogP contribution < -0.4 is 10.0 Å². The molecule has 8 heteroatoms. The molecule has 150 valence electrons. The van der Waals surface area contributed by atoms with Gasteiger partial charge >= 0.3 is 5.97 Å². The van der Waals surface area contributed by atoms with Crippen molar-refractivity contribution in [2.45, 2.75) is 76.0 Å². The lowest BCUT2D eigenvalue weighted by Crippen LogP contribution is -2.46. The van der Waals surface area contributed by atoms with Crippen molar-refractivity contribution in [2.24, 2.45) is 0 Å². The molecule has 0 radical (unpaired) electrons. The number of amides is 1. The molecule has 0 spiro atoms. The molecule has 1 aliphatic carbocycles. The second kappa shape index (κ2) is 9.32. The summed E-state index contributed by atoms with van der Waals surface area (Å²) in [6.07, 6.45) is 4.22. The van der Waals surface area contributed by atoms with Crippen molar-refractivity contribution in [3.05, 3.63) is 29.8 Å². The Hall–Kier alpha value is -1.93. The van der Waals surface area contributed by atoms with Gasteiger partial charge in [0.15, 0.2) is 6.10 Å². The fourth-order valence-corrected chi connectivity index (χ4v) is 4.15. The van der Waals surface area contributed by atoms with Crippen molar-refractivity contribution >= 4 is 21.9 Å². The highest BCUT2D eigenvalue weighted by Gasteiger charge is 2.27. The van der Waals surface area contributed by atoms with Crippen LogP contribution >= 0.6 is 0 Å². The van der Waals surface area contributed by atoms with Gasteiger partial charge in [-0.05, 0) is 45.7 Å². The molecule has 0 saturated heterocycles. The summed E-state index contributed by atoms with van der Waals surface area (Å²) in [5.41, 5.74) is 0.930. The Balaban J connectivity index is 1.88. The van der Waals surface area contributed by atoms with Crippen molar-refractivity contribution < 1.29 is 22.7 Å². The van der Waals surface area contributed by atoms with Gasteiger partial charge in [-0.15, -0.1) is 0 Å². The molecule has 0 aromatic heterocycles. The number of aryl methyl sites for hydroxylation is 1. The zero-order chi connectivity index (χ0) is 20.0. The van der Waals surface area contributed by atoms with Crippen molar-refractivity contribution in [1.29, 1.82) is 0 Å². The summed E-state index contributed by atoms with van der Waals surface area (Å²) in [6.45, 7) is 4.72. The van der Waals surface area contributed by atoms with E-state index in [9.17, 15) is 18.0 Å². The van der Waals surface area contributed by atoms with E-state index < -0.39 is 28.1 Å². The fraction of sp³-hybridized carbons (Fsp3) is 0.579. The molecule has 0 heterocycles. The van der Waals surface area contributed by atoms with Gasteiger partial charge in [0.1, 0.15) is 6.04 Å². The molecule has 1 saturated carbocycles. The van der Waals surface area contributed by atoms with Crippen LogP contribution in [0.15, 0.2) is 29.2 Å². The zero-order valence-electron chi connectivity index (χ0n) is 16.0. The summed E-state index contributed by atoms with van der Waals surface area (Å²) in [4.78, 5) is 24.4. The van der Waals surface area contributed by atoms with E-state index in [-0.39, 0.29) is 16.8 Å². The third-order valence-electron chi connectivity index (χ3n) is 4.63. The minimum absolute atomic E-state index is 0.0656. The first-order chi connectivity index (χ1) is 12.7. The van der Waals surface area contributed by atoms with Crippen LogP contribution in [0.25, 0.3) is 0 Å². The Labute approximate surface area is 160 Å². The number of esters is 1. The molecule has 1 aliphatic rings. The van der Waals surface area contributed by atoms with Crippen LogP contribution in [0.5, 0.6) is 0 Å². The van der Waals surface area contributed by atoms with Crippen LogP contribution in [0.2, 0.25) is 0 Å². The SMILES string of the molecule is Cc1ccc(S(=O)(=O)N[C@@H](C)C(=O)O[C@H](C)C(=O)NC2CCCCC2)cc1. The summed E-state index contributed by atoms with van der Waals surface area (Å²) < 4.78 is 32.1. The van der Waals surface area contributed by atoms with Gasteiger partial charge in [0.05, 0.1) is 4.90 Å². The standard InChI is InChI=1S/C19H28N2O5S/c1-13-9-11-17(12-10-13)27(24,25)21-14(2)19(23)26-15(3)18(22)20-16-7-5-4-6-8-16/h9-12,14-16,21H,4-8H2,1-3H3,(H,20,22)/t14-,15+/m0/s1. The Morgan fingerprint density at radius 2 is 1.67 bits per heavy atom. The van der Waals surface area contributed by atoms with Gasteiger partial charge in [0.2, 0.25) is 10.0 Å². The van der Waals surface area contributed by atoms with Gasteiger partial charge in [-0.1, -0.05) is 37.0 Å². The molecule has 2 rings (SSSR count). The maximum atomic E-state index is 12.3. The molecular weight excluding hydrogens is 368 g/mol. The molecule has 2 N–H and O–H groups in total.